The number of halogens is 1. The quantitative estimate of drug-likeness (QED) is 0.838. The minimum Gasteiger partial charge on any atom is -0.311 e. The van der Waals surface area contributed by atoms with E-state index in [-0.39, 0.29) is 0 Å². The minimum absolute atomic E-state index is 0.294. The summed E-state index contributed by atoms with van der Waals surface area (Å²) >= 11 is 6.49. The van der Waals surface area contributed by atoms with Crippen molar-refractivity contribution in [1.29, 1.82) is 0 Å². The average molecular weight is 313 g/mol. The molecule has 1 saturated carbocycles. The summed E-state index contributed by atoms with van der Waals surface area (Å²) in [6.45, 7) is 4.16. The summed E-state index contributed by atoms with van der Waals surface area (Å²) in [5, 5.41) is 8.86. The molecule has 1 N–H and O–H groups in total. The molecule has 0 spiro atoms. The molecule has 0 saturated heterocycles. The Bertz CT molecular complexity index is 449. The van der Waals surface area contributed by atoms with Gasteiger partial charge < -0.3 is 10.2 Å². The van der Waals surface area contributed by atoms with Crippen molar-refractivity contribution in [3.63, 3.8) is 0 Å². The summed E-state index contributed by atoms with van der Waals surface area (Å²) in [4.78, 5) is 2.18. The predicted octanol–water partition coefficient (Wildman–Crippen LogP) is 3.33. The van der Waals surface area contributed by atoms with E-state index in [1.54, 1.807) is 6.20 Å². The van der Waals surface area contributed by atoms with Gasteiger partial charge >= 0.3 is 0 Å². The molecular weight excluding hydrogens is 284 g/mol. The molecule has 1 aromatic rings. The molecule has 1 aliphatic rings. The van der Waals surface area contributed by atoms with Crippen molar-refractivity contribution in [2.45, 2.75) is 51.6 Å². The highest BCUT2D eigenvalue weighted by Gasteiger charge is 2.42. The first-order chi connectivity index (χ1) is 10.0. The highest BCUT2D eigenvalue weighted by molar-refractivity contribution is 6.31. The van der Waals surface area contributed by atoms with Crippen LogP contribution < -0.4 is 5.32 Å². The Morgan fingerprint density at radius 3 is 2.62 bits per heavy atom. The van der Waals surface area contributed by atoms with Gasteiger partial charge in [-0.1, -0.05) is 31.4 Å². The topological polar surface area (TPSA) is 33.1 Å². The van der Waals surface area contributed by atoms with Crippen molar-refractivity contribution < 1.29 is 0 Å². The molecule has 5 heteroatoms. The van der Waals surface area contributed by atoms with E-state index in [9.17, 15) is 0 Å². The van der Waals surface area contributed by atoms with Crippen molar-refractivity contribution in [3.8, 4) is 0 Å². The Labute approximate surface area is 133 Å². The zero-order valence-electron chi connectivity index (χ0n) is 13.8. The molecule has 1 unspecified atom stereocenters. The summed E-state index contributed by atoms with van der Waals surface area (Å²) < 4.78 is 2.10. The van der Waals surface area contributed by atoms with Crippen molar-refractivity contribution in [1.82, 2.24) is 20.0 Å². The number of rotatable bonds is 7. The standard InChI is InChI=1S/C16H29ClN4/c1-5-16(8-6-7-9-16)15(18-2)14-13(17)12-19-21(14)11-10-20(3)4/h12,15,18H,5-11H2,1-4H3. The number of aromatic nitrogens is 2. The molecule has 0 amide bonds. The molecule has 1 aromatic heterocycles. The summed E-state index contributed by atoms with van der Waals surface area (Å²) in [7, 11) is 6.23. The third-order valence-electron chi connectivity index (χ3n) is 5.07. The van der Waals surface area contributed by atoms with E-state index in [1.165, 1.54) is 37.8 Å². The second kappa shape index (κ2) is 7.12. The van der Waals surface area contributed by atoms with Crippen LogP contribution in [0.15, 0.2) is 6.20 Å². The summed E-state index contributed by atoms with van der Waals surface area (Å²) in [5.41, 5.74) is 1.50. The van der Waals surface area contributed by atoms with E-state index in [2.05, 4.69) is 48.1 Å². The summed E-state index contributed by atoms with van der Waals surface area (Å²) in [6, 6.07) is 0.294. The van der Waals surface area contributed by atoms with Crippen LogP contribution in [-0.4, -0.2) is 42.4 Å². The van der Waals surface area contributed by atoms with Crippen molar-refractivity contribution in [3.05, 3.63) is 16.9 Å². The normalized spacial score (nSPS) is 19.3. The summed E-state index contributed by atoms with van der Waals surface area (Å²) in [5.74, 6) is 0. The summed E-state index contributed by atoms with van der Waals surface area (Å²) in [6.07, 6.45) is 8.21. The van der Waals surface area contributed by atoms with Crippen LogP contribution in [0.1, 0.15) is 50.8 Å². The monoisotopic (exact) mass is 312 g/mol. The van der Waals surface area contributed by atoms with Crippen LogP contribution in [0.3, 0.4) is 0 Å². The van der Waals surface area contributed by atoms with E-state index in [0.29, 0.717) is 11.5 Å². The predicted molar refractivity (Wildman–Crippen MR) is 88.8 cm³/mol. The van der Waals surface area contributed by atoms with E-state index in [0.717, 1.165) is 18.1 Å². The second-order valence-electron chi connectivity index (χ2n) is 6.55. The fourth-order valence-corrected chi connectivity index (χ4v) is 4.04. The number of nitrogens with zero attached hydrogens (tertiary/aromatic N) is 3. The number of hydrogen-bond acceptors (Lipinski definition) is 3. The van der Waals surface area contributed by atoms with Gasteiger partial charge in [-0.3, -0.25) is 4.68 Å². The number of likely N-dealkylation sites (N-methyl/N-ethyl adjacent to an activating group) is 1. The lowest BCUT2D eigenvalue weighted by molar-refractivity contribution is 0.185. The fourth-order valence-electron chi connectivity index (χ4n) is 3.79. The molecule has 1 heterocycles. The lowest BCUT2D eigenvalue weighted by atomic mass is 9.75. The lowest BCUT2D eigenvalue weighted by Gasteiger charge is -2.37. The van der Waals surface area contributed by atoms with Gasteiger partial charge in [-0.05, 0) is 45.8 Å². The first-order valence-corrected chi connectivity index (χ1v) is 8.45. The highest BCUT2D eigenvalue weighted by atomic mass is 35.5. The molecule has 0 aliphatic heterocycles. The highest BCUT2D eigenvalue weighted by Crippen LogP contribution is 2.50. The molecule has 120 valence electrons. The molecular formula is C16H29ClN4. The Morgan fingerprint density at radius 1 is 1.43 bits per heavy atom. The van der Waals surface area contributed by atoms with Crippen LogP contribution >= 0.6 is 11.6 Å². The van der Waals surface area contributed by atoms with Gasteiger partial charge in [0.15, 0.2) is 0 Å². The van der Waals surface area contributed by atoms with Crippen LogP contribution in [0.2, 0.25) is 5.02 Å². The van der Waals surface area contributed by atoms with Crippen LogP contribution in [0.5, 0.6) is 0 Å². The smallest absolute Gasteiger partial charge is 0.0834 e. The minimum atomic E-state index is 0.294. The third-order valence-corrected chi connectivity index (χ3v) is 5.36. The van der Waals surface area contributed by atoms with Crippen molar-refractivity contribution in [2.75, 3.05) is 27.7 Å². The molecule has 0 radical (unpaired) electrons. The zero-order chi connectivity index (χ0) is 15.5. The van der Waals surface area contributed by atoms with Crippen LogP contribution in [0.25, 0.3) is 0 Å². The Morgan fingerprint density at radius 2 is 2.10 bits per heavy atom. The largest absolute Gasteiger partial charge is 0.311 e. The first-order valence-electron chi connectivity index (χ1n) is 8.07. The molecule has 1 aliphatic carbocycles. The van der Waals surface area contributed by atoms with Gasteiger partial charge in [0.2, 0.25) is 0 Å². The van der Waals surface area contributed by atoms with Crippen LogP contribution in [0.4, 0.5) is 0 Å². The van der Waals surface area contributed by atoms with Gasteiger partial charge in [-0.15, -0.1) is 0 Å². The van der Waals surface area contributed by atoms with Gasteiger partial charge in [0.1, 0.15) is 0 Å². The molecule has 0 aromatic carbocycles. The van der Waals surface area contributed by atoms with Gasteiger partial charge in [-0.2, -0.15) is 5.10 Å². The van der Waals surface area contributed by atoms with Crippen molar-refractivity contribution >= 4 is 11.6 Å². The van der Waals surface area contributed by atoms with Crippen LogP contribution in [0, 0.1) is 5.41 Å². The van der Waals surface area contributed by atoms with E-state index in [4.69, 9.17) is 11.6 Å². The maximum atomic E-state index is 6.49. The van der Waals surface area contributed by atoms with E-state index < -0.39 is 0 Å². The molecule has 21 heavy (non-hydrogen) atoms. The van der Waals surface area contributed by atoms with E-state index >= 15 is 0 Å². The SMILES string of the molecule is CCC1(C(NC)c2c(Cl)cnn2CCN(C)C)CCCC1. The maximum absolute atomic E-state index is 6.49. The lowest BCUT2D eigenvalue weighted by Crippen LogP contribution is -2.36. The van der Waals surface area contributed by atoms with Gasteiger partial charge in [0.25, 0.3) is 0 Å². The molecule has 1 atom stereocenters. The molecule has 2 rings (SSSR count). The maximum Gasteiger partial charge on any atom is 0.0834 e. The Kier molecular flexibility index (Phi) is 5.69. The molecule has 0 bridgehead atoms. The zero-order valence-corrected chi connectivity index (χ0v) is 14.6. The van der Waals surface area contributed by atoms with Gasteiger partial charge in [0.05, 0.1) is 29.5 Å². The number of hydrogen-bond donors (Lipinski definition) is 1. The fraction of sp³-hybridized carbons (Fsp3) is 0.812. The Hall–Kier alpha value is -0.580. The second-order valence-corrected chi connectivity index (χ2v) is 6.96. The molecule has 4 nitrogen and oxygen atoms in total. The number of nitrogens with one attached hydrogen (secondary N) is 1. The first kappa shape index (κ1) is 16.8. The Balaban J connectivity index is 2.31. The third kappa shape index (κ3) is 3.43. The van der Waals surface area contributed by atoms with E-state index in [1.807, 2.05) is 0 Å². The van der Waals surface area contributed by atoms with Crippen LogP contribution in [-0.2, 0) is 6.54 Å². The van der Waals surface area contributed by atoms with Crippen molar-refractivity contribution in [2.24, 2.45) is 5.41 Å². The average Bonchev–Trinajstić information content (AvgIpc) is 3.07. The van der Waals surface area contributed by atoms with Gasteiger partial charge in [-0.25, -0.2) is 0 Å². The molecule has 1 fully saturated rings. The van der Waals surface area contributed by atoms with Gasteiger partial charge in [0, 0.05) is 6.54 Å².